The first-order valence-electron chi connectivity index (χ1n) is 6.96. The number of halogens is 1. The number of esters is 1. The van der Waals surface area contributed by atoms with Crippen molar-refractivity contribution in [1.82, 2.24) is 5.32 Å². The summed E-state index contributed by atoms with van der Waals surface area (Å²) in [7, 11) is 1.49. The predicted molar refractivity (Wildman–Crippen MR) is 88.0 cm³/mol. The molecular weight excluding hydrogens is 364 g/mol. The molecule has 0 saturated carbocycles. The molecule has 1 amide bonds. The Balaban J connectivity index is 2.70. The van der Waals surface area contributed by atoms with E-state index in [-0.39, 0.29) is 11.5 Å². The Hall–Kier alpha value is -2.07. The van der Waals surface area contributed by atoms with Crippen molar-refractivity contribution in [3.63, 3.8) is 0 Å². The summed E-state index contributed by atoms with van der Waals surface area (Å²) < 4.78 is 10.6. The Labute approximate surface area is 143 Å². The zero-order valence-electron chi connectivity index (χ0n) is 13.5. The Morgan fingerprint density at radius 3 is 2.61 bits per heavy atom. The maximum absolute atomic E-state index is 12.1. The van der Waals surface area contributed by atoms with Gasteiger partial charge in [0.05, 0.1) is 18.7 Å². The molecule has 7 heteroatoms. The lowest BCUT2D eigenvalue weighted by Gasteiger charge is -2.27. The molecule has 0 radical (unpaired) electrons. The van der Waals surface area contributed by atoms with E-state index in [0.29, 0.717) is 10.2 Å². The van der Waals surface area contributed by atoms with Crippen molar-refractivity contribution in [1.29, 1.82) is 5.26 Å². The monoisotopic (exact) mass is 382 g/mol. The molecule has 0 saturated heterocycles. The minimum atomic E-state index is -1.01. The van der Waals surface area contributed by atoms with E-state index in [9.17, 15) is 9.59 Å². The number of hydrogen-bond acceptors (Lipinski definition) is 5. The quantitative estimate of drug-likeness (QED) is 0.763. The standard InChI is InChI=1S/C16H19BrN2O4/c1-10(2)16(3,9-18)19-14(20)8-23-15(21)12-7-11(22-4)5-6-13(12)17/h5-7,10H,8H2,1-4H3,(H,19,20)/t16-/m1/s1. The summed E-state index contributed by atoms with van der Waals surface area (Å²) in [5.41, 5.74) is -0.760. The third kappa shape index (κ3) is 4.96. The van der Waals surface area contributed by atoms with Crippen molar-refractivity contribution in [2.75, 3.05) is 13.7 Å². The Kier molecular flexibility index (Phi) is 6.58. The van der Waals surface area contributed by atoms with Crippen LogP contribution in [0.1, 0.15) is 31.1 Å². The van der Waals surface area contributed by atoms with Crippen LogP contribution in [0.25, 0.3) is 0 Å². The van der Waals surface area contributed by atoms with Crippen LogP contribution in [0.2, 0.25) is 0 Å². The van der Waals surface area contributed by atoms with Gasteiger partial charge in [0.2, 0.25) is 0 Å². The molecule has 1 aromatic rings. The Morgan fingerprint density at radius 1 is 1.43 bits per heavy atom. The summed E-state index contributed by atoms with van der Waals surface area (Å²) in [5, 5.41) is 11.7. The molecule has 0 bridgehead atoms. The molecule has 0 spiro atoms. The van der Waals surface area contributed by atoms with Crippen molar-refractivity contribution in [3.8, 4) is 11.8 Å². The van der Waals surface area contributed by atoms with Crippen LogP contribution in [0.15, 0.2) is 22.7 Å². The van der Waals surface area contributed by atoms with E-state index in [2.05, 4.69) is 27.3 Å². The van der Waals surface area contributed by atoms with E-state index in [1.165, 1.54) is 13.2 Å². The second kappa shape index (κ2) is 7.97. The number of amides is 1. The minimum absolute atomic E-state index is 0.0836. The van der Waals surface area contributed by atoms with Crippen LogP contribution in [0, 0.1) is 17.2 Å². The van der Waals surface area contributed by atoms with Crippen LogP contribution in [0.4, 0.5) is 0 Å². The fourth-order valence-corrected chi connectivity index (χ4v) is 2.03. The first kappa shape index (κ1) is 19.0. The molecule has 0 unspecified atom stereocenters. The number of rotatable bonds is 6. The molecule has 0 aliphatic carbocycles. The molecule has 0 aromatic heterocycles. The number of hydrogen-bond donors (Lipinski definition) is 1. The van der Waals surface area contributed by atoms with Gasteiger partial charge >= 0.3 is 5.97 Å². The van der Waals surface area contributed by atoms with Crippen molar-refractivity contribution in [2.45, 2.75) is 26.3 Å². The first-order chi connectivity index (χ1) is 10.7. The molecule has 1 atom stereocenters. The summed E-state index contributed by atoms with van der Waals surface area (Å²) in [6.45, 7) is 4.80. The normalized spacial score (nSPS) is 12.9. The molecule has 0 aliphatic heterocycles. The van der Waals surface area contributed by atoms with Gasteiger partial charge in [-0.3, -0.25) is 4.79 Å². The van der Waals surface area contributed by atoms with Crippen LogP contribution < -0.4 is 10.1 Å². The SMILES string of the molecule is COc1ccc(Br)c(C(=O)OCC(=O)N[C@](C)(C#N)C(C)C)c1. The average molecular weight is 383 g/mol. The molecule has 6 nitrogen and oxygen atoms in total. The molecule has 0 heterocycles. The Bertz CT molecular complexity index is 639. The fourth-order valence-electron chi connectivity index (χ4n) is 1.62. The highest BCUT2D eigenvalue weighted by Crippen LogP contribution is 2.23. The number of nitriles is 1. The molecule has 1 N–H and O–H groups in total. The highest BCUT2D eigenvalue weighted by Gasteiger charge is 2.30. The summed E-state index contributed by atoms with van der Waals surface area (Å²) >= 11 is 3.25. The van der Waals surface area contributed by atoms with Gasteiger partial charge in [0, 0.05) is 4.47 Å². The van der Waals surface area contributed by atoms with Crippen molar-refractivity contribution in [3.05, 3.63) is 28.2 Å². The lowest BCUT2D eigenvalue weighted by molar-refractivity contribution is -0.125. The van der Waals surface area contributed by atoms with Crippen molar-refractivity contribution in [2.24, 2.45) is 5.92 Å². The summed E-state index contributed by atoms with van der Waals surface area (Å²) in [6, 6.07) is 6.91. The average Bonchev–Trinajstić information content (AvgIpc) is 2.52. The number of nitrogens with one attached hydrogen (secondary N) is 1. The topological polar surface area (TPSA) is 88.4 Å². The molecule has 1 rings (SSSR count). The highest BCUT2D eigenvalue weighted by atomic mass is 79.9. The molecule has 23 heavy (non-hydrogen) atoms. The maximum atomic E-state index is 12.1. The van der Waals surface area contributed by atoms with E-state index in [4.69, 9.17) is 14.7 Å². The van der Waals surface area contributed by atoms with E-state index < -0.39 is 24.0 Å². The van der Waals surface area contributed by atoms with E-state index in [1.54, 1.807) is 19.1 Å². The van der Waals surface area contributed by atoms with Crippen molar-refractivity contribution >= 4 is 27.8 Å². The third-order valence-electron chi connectivity index (χ3n) is 3.51. The summed E-state index contributed by atoms with van der Waals surface area (Å²) in [4.78, 5) is 23.9. The maximum Gasteiger partial charge on any atom is 0.339 e. The van der Waals surface area contributed by atoms with Crippen LogP contribution in [0.5, 0.6) is 5.75 Å². The summed E-state index contributed by atoms with van der Waals surface area (Å²) in [6.07, 6.45) is 0. The lowest BCUT2D eigenvalue weighted by atomic mass is 9.90. The number of carbonyl (C=O) groups is 2. The number of nitrogens with zero attached hydrogens (tertiary/aromatic N) is 1. The van der Waals surface area contributed by atoms with Gasteiger partial charge < -0.3 is 14.8 Å². The van der Waals surface area contributed by atoms with Gasteiger partial charge in [0.25, 0.3) is 5.91 Å². The highest BCUT2D eigenvalue weighted by molar-refractivity contribution is 9.10. The number of methoxy groups -OCH3 is 1. The smallest absolute Gasteiger partial charge is 0.339 e. The van der Waals surface area contributed by atoms with Gasteiger partial charge in [-0.2, -0.15) is 5.26 Å². The largest absolute Gasteiger partial charge is 0.497 e. The van der Waals surface area contributed by atoms with Crippen LogP contribution in [-0.4, -0.2) is 31.1 Å². The van der Waals surface area contributed by atoms with Gasteiger partial charge in [-0.05, 0) is 47.0 Å². The molecule has 0 fully saturated rings. The molecule has 124 valence electrons. The van der Waals surface area contributed by atoms with Gasteiger partial charge in [0.1, 0.15) is 11.3 Å². The second-order valence-electron chi connectivity index (χ2n) is 5.44. The number of ether oxygens (including phenoxy) is 2. The molecule has 1 aromatic carbocycles. The summed E-state index contributed by atoms with van der Waals surface area (Å²) in [5.74, 6) is -0.773. The lowest BCUT2D eigenvalue weighted by Crippen LogP contribution is -2.50. The Morgan fingerprint density at radius 2 is 2.09 bits per heavy atom. The molecule has 0 aliphatic rings. The van der Waals surface area contributed by atoms with E-state index >= 15 is 0 Å². The zero-order chi connectivity index (χ0) is 17.6. The van der Waals surface area contributed by atoms with E-state index in [1.807, 2.05) is 13.8 Å². The minimum Gasteiger partial charge on any atom is -0.497 e. The van der Waals surface area contributed by atoms with Gasteiger partial charge in [-0.15, -0.1) is 0 Å². The van der Waals surface area contributed by atoms with Gasteiger partial charge in [-0.25, -0.2) is 4.79 Å². The van der Waals surface area contributed by atoms with Gasteiger partial charge in [-0.1, -0.05) is 13.8 Å². The van der Waals surface area contributed by atoms with Crippen LogP contribution in [0.3, 0.4) is 0 Å². The van der Waals surface area contributed by atoms with Crippen LogP contribution >= 0.6 is 15.9 Å². The predicted octanol–water partition coefficient (Wildman–Crippen LogP) is 2.67. The zero-order valence-corrected chi connectivity index (χ0v) is 15.1. The third-order valence-corrected chi connectivity index (χ3v) is 4.21. The molecular formula is C16H19BrN2O4. The van der Waals surface area contributed by atoms with Gasteiger partial charge in [0.15, 0.2) is 6.61 Å². The number of carbonyl (C=O) groups excluding carboxylic acids is 2. The van der Waals surface area contributed by atoms with E-state index in [0.717, 1.165) is 0 Å². The number of benzene rings is 1. The van der Waals surface area contributed by atoms with Crippen LogP contribution in [-0.2, 0) is 9.53 Å². The first-order valence-corrected chi connectivity index (χ1v) is 7.75. The second-order valence-corrected chi connectivity index (χ2v) is 6.29. The van der Waals surface area contributed by atoms with Crippen molar-refractivity contribution < 1.29 is 19.1 Å². The fraction of sp³-hybridized carbons (Fsp3) is 0.438.